The molecule has 11 heteroatoms. The number of nitrogens with one attached hydrogen (secondary N) is 2. The van der Waals surface area contributed by atoms with Gasteiger partial charge in [-0.05, 0) is 35.9 Å². The number of benzene rings is 1. The fraction of sp³-hybridized carbons (Fsp3) is 0.185. The third kappa shape index (κ3) is 4.61. The lowest BCUT2D eigenvalue weighted by Gasteiger charge is -2.16. The number of aromatic nitrogens is 4. The number of fused-ring (bicyclic) bond motifs is 3. The van der Waals surface area contributed by atoms with Gasteiger partial charge in [0.2, 0.25) is 0 Å². The molecule has 0 saturated heterocycles. The lowest BCUT2D eigenvalue weighted by atomic mass is 10.1. The number of imidazole rings is 1. The lowest BCUT2D eigenvalue weighted by molar-refractivity contribution is 0.0945. The van der Waals surface area contributed by atoms with Gasteiger partial charge in [-0.3, -0.25) is 14.0 Å². The number of halogens is 1. The summed E-state index contributed by atoms with van der Waals surface area (Å²) in [6, 6.07) is 14.2. The Hall–Kier alpha value is -4.22. The topological polar surface area (TPSA) is 111 Å². The predicted molar refractivity (Wildman–Crippen MR) is 144 cm³/mol. The number of hydrogen-bond acceptors (Lipinski definition) is 7. The first-order chi connectivity index (χ1) is 18.5. The van der Waals surface area contributed by atoms with Gasteiger partial charge in [-0.2, -0.15) is 0 Å². The first-order valence-electron chi connectivity index (χ1n) is 12.0. The van der Waals surface area contributed by atoms with Gasteiger partial charge in [0.05, 0.1) is 25.4 Å². The number of nitrogens with zero attached hydrogens (tertiary/aromatic N) is 4. The van der Waals surface area contributed by atoms with Crippen LogP contribution in [0.3, 0.4) is 0 Å². The second-order valence-electron chi connectivity index (χ2n) is 8.89. The highest BCUT2D eigenvalue weighted by Crippen LogP contribution is 2.37. The average Bonchev–Trinajstić information content (AvgIpc) is 3.22. The maximum Gasteiger partial charge on any atom is 0.270 e. The van der Waals surface area contributed by atoms with Gasteiger partial charge in [-0.1, -0.05) is 28.1 Å². The summed E-state index contributed by atoms with van der Waals surface area (Å²) in [5, 5.41) is 6.36. The van der Waals surface area contributed by atoms with E-state index >= 15 is 0 Å². The van der Waals surface area contributed by atoms with Crippen molar-refractivity contribution in [1.82, 2.24) is 29.4 Å². The van der Waals surface area contributed by atoms with E-state index in [0.717, 1.165) is 27.0 Å². The van der Waals surface area contributed by atoms with Gasteiger partial charge in [0, 0.05) is 41.2 Å². The van der Waals surface area contributed by atoms with Gasteiger partial charge in [-0.25, -0.2) is 9.97 Å². The Kier molecular flexibility index (Phi) is 6.30. The van der Waals surface area contributed by atoms with E-state index in [2.05, 4.69) is 36.5 Å². The Morgan fingerprint density at radius 1 is 1.18 bits per heavy atom. The molecule has 192 valence electrons. The summed E-state index contributed by atoms with van der Waals surface area (Å²) in [7, 11) is 1.63. The van der Waals surface area contributed by atoms with Crippen LogP contribution in [0, 0.1) is 0 Å². The second-order valence-corrected chi connectivity index (χ2v) is 9.81. The Labute approximate surface area is 225 Å². The van der Waals surface area contributed by atoms with Crippen molar-refractivity contribution >= 4 is 33.1 Å². The van der Waals surface area contributed by atoms with Crippen molar-refractivity contribution in [3.05, 3.63) is 104 Å². The number of carbonyl (C=O) groups excluding carboxylic acids is 1. The molecule has 6 rings (SSSR count). The molecule has 1 aromatic carbocycles. The summed E-state index contributed by atoms with van der Waals surface area (Å²) in [5.74, 6) is 1.00. The van der Waals surface area contributed by atoms with Crippen LogP contribution in [0.4, 0.5) is 0 Å². The normalized spacial score (nSPS) is 15.1. The molecule has 1 aliphatic rings. The Morgan fingerprint density at radius 3 is 2.95 bits per heavy atom. The van der Waals surface area contributed by atoms with Gasteiger partial charge in [0.15, 0.2) is 11.5 Å². The maximum atomic E-state index is 12.7. The lowest BCUT2D eigenvalue weighted by Crippen LogP contribution is -2.27. The van der Waals surface area contributed by atoms with Crippen LogP contribution in [0.25, 0.3) is 11.3 Å². The van der Waals surface area contributed by atoms with Crippen LogP contribution in [-0.2, 0) is 13.1 Å². The molecule has 1 atom stereocenters. The van der Waals surface area contributed by atoms with E-state index in [0.29, 0.717) is 30.2 Å². The minimum absolute atomic E-state index is 0.0426. The molecule has 0 saturated carbocycles. The molecule has 2 N–H and O–H groups in total. The highest BCUT2D eigenvalue weighted by molar-refractivity contribution is 9.10. The molecule has 4 aromatic heterocycles. The van der Waals surface area contributed by atoms with Gasteiger partial charge < -0.3 is 24.5 Å². The average molecular weight is 575 g/mol. The number of hydrogen-bond donors (Lipinski definition) is 2. The minimum Gasteiger partial charge on any atom is -0.493 e. The van der Waals surface area contributed by atoms with Crippen molar-refractivity contribution in [2.45, 2.75) is 19.1 Å². The fourth-order valence-corrected chi connectivity index (χ4v) is 5.01. The first kappa shape index (κ1) is 24.1. The first-order valence-corrected chi connectivity index (χ1v) is 12.7. The molecule has 0 aliphatic carbocycles. The summed E-state index contributed by atoms with van der Waals surface area (Å²) in [4.78, 5) is 33.9. The van der Waals surface area contributed by atoms with E-state index in [1.165, 1.54) is 10.5 Å². The number of pyridine rings is 2. The van der Waals surface area contributed by atoms with Crippen LogP contribution in [-0.4, -0.2) is 38.4 Å². The highest BCUT2D eigenvalue weighted by Gasteiger charge is 2.22. The molecule has 5 aromatic rings. The van der Waals surface area contributed by atoms with E-state index < -0.39 is 5.91 Å². The van der Waals surface area contributed by atoms with Crippen LogP contribution >= 0.6 is 15.9 Å². The molecular weight excluding hydrogens is 552 g/mol. The van der Waals surface area contributed by atoms with Crippen molar-refractivity contribution in [2.24, 2.45) is 0 Å². The SMILES string of the molecule is COc1cc(Br)cc2c1OCC(c1ccc3nc(CNC(=O)c4cc(=O)n5ccccc5n4)cn3c1)NC2. The van der Waals surface area contributed by atoms with Crippen molar-refractivity contribution in [2.75, 3.05) is 13.7 Å². The summed E-state index contributed by atoms with van der Waals surface area (Å²) in [6.07, 6.45) is 5.49. The molecule has 0 bridgehead atoms. The third-order valence-corrected chi connectivity index (χ3v) is 6.87. The van der Waals surface area contributed by atoms with Gasteiger partial charge in [0.25, 0.3) is 11.5 Å². The highest BCUT2D eigenvalue weighted by atomic mass is 79.9. The van der Waals surface area contributed by atoms with Crippen LogP contribution < -0.4 is 25.7 Å². The molecule has 38 heavy (non-hydrogen) atoms. The molecule has 1 aliphatic heterocycles. The summed E-state index contributed by atoms with van der Waals surface area (Å²) in [5.41, 5.74) is 3.66. The fourth-order valence-electron chi connectivity index (χ4n) is 4.53. The molecule has 1 amide bonds. The van der Waals surface area contributed by atoms with Crippen LogP contribution in [0.15, 0.2) is 76.4 Å². The summed E-state index contributed by atoms with van der Waals surface area (Å²) < 4.78 is 15.9. The van der Waals surface area contributed by atoms with Gasteiger partial charge in [-0.15, -0.1) is 0 Å². The van der Waals surface area contributed by atoms with Gasteiger partial charge in [0.1, 0.15) is 23.6 Å². The zero-order valence-corrected chi connectivity index (χ0v) is 21.9. The van der Waals surface area contributed by atoms with E-state index in [1.807, 2.05) is 41.1 Å². The molecular formula is C27H23BrN6O4. The third-order valence-electron chi connectivity index (χ3n) is 6.41. The minimum atomic E-state index is -0.437. The quantitative estimate of drug-likeness (QED) is 0.331. The van der Waals surface area contributed by atoms with E-state index in [1.54, 1.807) is 31.5 Å². The Morgan fingerprint density at radius 2 is 2.08 bits per heavy atom. The molecule has 0 radical (unpaired) electrons. The smallest absolute Gasteiger partial charge is 0.270 e. The second kappa shape index (κ2) is 9.92. The van der Waals surface area contributed by atoms with Crippen LogP contribution in [0.1, 0.15) is 33.4 Å². The summed E-state index contributed by atoms with van der Waals surface area (Å²) >= 11 is 3.53. The van der Waals surface area contributed by atoms with E-state index in [-0.39, 0.29) is 23.8 Å². The van der Waals surface area contributed by atoms with Crippen LogP contribution in [0.5, 0.6) is 11.5 Å². The van der Waals surface area contributed by atoms with Crippen molar-refractivity contribution in [3.8, 4) is 11.5 Å². The Balaban J connectivity index is 1.16. The van der Waals surface area contributed by atoms with Crippen molar-refractivity contribution in [1.29, 1.82) is 0 Å². The zero-order chi connectivity index (χ0) is 26.2. The van der Waals surface area contributed by atoms with Crippen molar-refractivity contribution in [3.63, 3.8) is 0 Å². The molecule has 0 fully saturated rings. The van der Waals surface area contributed by atoms with Crippen LogP contribution in [0.2, 0.25) is 0 Å². The monoisotopic (exact) mass is 574 g/mol. The number of carbonyl (C=O) groups is 1. The molecule has 10 nitrogen and oxygen atoms in total. The predicted octanol–water partition coefficient (Wildman–Crippen LogP) is 3.27. The van der Waals surface area contributed by atoms with Gasteiger partial charge >= 0.3 is 0 Å². The van der Waals surface area contributed by atoms with Crippen molar-refractivity contribution < 1.29 is 14.3 Å². The standard InChI is InChI=1S/C27H23BrN6O4/c1-37-22-9-18(28)8-17-11-29-21(15-38-26(17)22)16-5-6-23-31-19(14-33(23)13-16)12-30-27(36)20-10-25(35)34-7-3-2-4-24(34)32-20/h2-10,13-14,21,29H,11-12,15H2,1H3,(H,30,36). The number of rotatable bonds is 5. The Bertz CT molecular complexity index is 1750. The zero-order valence-electron chi connectivity index (χ0n) is 20.3. The van der Waals surface area contributed by atoms with E-state index in [9.17, 15) is 9.59 Å². The number of ether oxygens (including phenoxy) is 2. The molecule has 0 spiro atoms. The number of amides is 1. The summed E-state index contributed by atoms with van der Waals surface area (Å²) in [6.45, 7) is 1.26. The molecule has 5 heterocycles. The maximum absolute atomic E-state index is 12.7. The number of methoxy groups -OCH3 is 1. The van der Waals surface area contributed by atoms with E-state index in [4.69, 9.17) is 9.47 Å². The largest absolute Gasteiger partial charge is 0.493 e. The molecule has 1 unspecified atom stereocenters.